The molecule has 0 aliphatic heterocycles. The summed E-state index contributed by atoms with van der Waals surface area (Å²) in [6.07, 6.45) is 0. The minimum Gasteiger partial charge on any atom is -0.288 e. The maximum Gasteiger partial charge on any atom is 0.348 e. The lowest BCUT2D eigenvalue weighted by Gasteiger charge is -2.06. The lowest BCUT2D eigenvalue weighted by Crippen LogP contribution is -2.44. The maximum absolute atomic E-state index is 12.2. The fraction of sp³-hybridized carbons (Fsp3) is 0.364. The van der Waals surface area contributed by atoms with E-state index >= 15 is 0 Å². The summed E-state index contributed by atoms with van der Waals surface area (Å²) < 4.78 is 2.93. The second-order valence-corrected chi connectivity index (χ2v) is 4.15. The van der Waals surface area contributed by atoms with Crippen molar-refractivity contribution in [1.82, 2.24) is 34.6 Å². The molecule has 0 aliphatic carbocycles. The van der Waals surface area contributed by atoms with E-state index in [0.29, 0.717) is 0 Å². The van der Waals surface area contributed by atoms with Crippen molar-refractivity contribution in [2.24, 2.45) is 14.1 Å². The summed E-state index contributed by atoms with van der Waals surface area (Å²) in [6, 6.07) is 0. The second kappa shape index (κ2) is 6.00. The summed E-state index contributed by atoms with van der Waals surface area (Å²) in [4.78, 5) is 36.2. The van der Waals surface area contributed by atoms with Crippen molar-refractivity contribution in [3.8, 4) is 11.8 Å². The van der Waals surface area contributed by atoms with E-state index < -0.39 is 22.9 Å². The lowest BCUT2D eigenvalue weighted by atomic mass is 10.4. The van der Waals surface area contributed by atoms with E-state index in [9.17, 15) is 14.4 Å². The molecule has 0 unspecified atom stereocenters. The van der Waals surface area contributed by atoms with Crippen LogP contribution in [0.3, 0.4) is 0 Å². The van der Waals surface area contributed by atoms with E-state index in [1.807, 2.05) is 0 Å². The Morgan fingerprint density at radius 2 is 2.00 bits per heavy atom. The Kier molecular flexibility index (Phi) is 4.12. The summed E-state index contributed by atoms with van der Waals surface area (Å²) in [7, 11) is 2.84. The third-order valence-corrected chi connectivity index (χ3v) is 2.68. The molecule has 0 radical (unpaired) electrons. The first-order chi connectivity index (χ1) is 10.5. The van der Waals surface area contributed by atoms with Gasteiger partial charge in [0.25, 0.3) is 11.5 Å². The SMILES string of the molecule is CC#CCn1c(=O)c(C(=O)Nc2nnnn2C)nn(C)c1=O. The number of hydrogen-bond donors (Lipinski definition) is 1. The molecule has 114 valence electrons. The number of nitrogens with zero attached hydrogens (tertiary/aromatic N) is 7. The predicted molar refractivity (Wildman–Crippen MR) is 73.9 cm³/mol. The molecule has 0 bridgehead atoms. The molecule has 11 nitrogen and oxygen atoms in total. The van der Waals surface area contributed by atoms with Crippen LogP contribution < -0.4 is 16.6 Å². The number of nitrogens with one attached hydrogen (secondary N) is 1. The number of aromatic nitrogens is 7. The van der Waals surface area contributed by atoms with Gasteiger partial charge in [0.15, 0.2) is 0 Å². The Morgan fingerprint density at radius 1 is 1.27 bits per heavy atom. The Labute approximate surface area is 123 Å². The monoisotopic (exact) mass is 304 g/mol. The highest BCUT2D eigenvalue weighted by molar-refractivity contribution is 6.01. The summed E-state index contributed by atoms with van der Waals surface area (Å²) >= 11 is 0. The van der Waals surface area contributed by atoms with Crippen LogP contribution in [0.5, 0.6) is 0 Å². The number of carbonyl (C=O) groups excluding carboxylic acids is 1. The van der Waals surface area contributed by atoms with Gasteiger partial charge in [-0.3, -0.25) is 14.9 Å². The van der Waals surface area contributed by atoms with Gasteiger partial charge < -0.3 is 0 Å². The van der Waals surface area contributed by atoms with E-state index in [4.69, 9.17) is 0 Å². The van der Waals surface area contributed by atoms with Gasteiger partial charge in [0, 0.05) is 14.1 Å². The third-order valence-electron chi connectivity index (χ3n) is 2.68. The van der Waals surface area contributed by atoms with Crippen LogP contribution in [0.25, 0.3) is 0 Å². The average molecular weight is 304 g/mol. The standard InChI is InChI=1S/C11H12N8O3/c1-4-5-6-19-9(21)7(14-18(3)11(19)22)8(20)12-10-13-15-16-17(10)2/h6H2,1-3H3,(H,12,13,16,20). The van der Waals surface area contributed by atoms with E-state index in [-0.39, 0.29) is 12.5 Å². The number of carbonyl (C=O) groups is 1. The number of hydrogen-bond acceptors (Lipinski definition) is 7. The molecule has 1 amide bonds. The zero-order valence-electron chi connectivity index (χ0n) is 12.1. The number of amides is 1. The summed E-state index contributed by atoms with van der Waals surface area (Å²) in [6.45, 7) is 1.45. The molecule has 0 fully saturated rings. The van der Waals surface area contributed by atoms with Crippen molar-refractivity contribution in [2.45, 2.75) is 13.5 Å². The molecule has 0 spiro atoms. The van der Waals surface area contributed by atoms with Crippen molar-refractivity contribution >= 4 is 11.9 Å². The van der Waals surface area contributed by atoms with Crippen LogP contribution in [-0.2, 0) is 20.6 Å². The van der Waals surface area contributed by atoms with Crippen molar-refractivity contribution in [1.29, 1.82) is 0 Å². The van der Waals surface area contributed by atoms with Gasteiger partial charge in [0.05, 0.1) is 6.54 Å². The zero-order valence-corrected chi connectivity index (χ0v) is 12.1. The van der Waals surface area contributed by atoms with E-state index in [2.05, 4.69) is 37.8 Å². The van der Waals surface area contributed by atoms with Crippen molar-refractivity contribution in [3.05, 3.63) is 26.5 Å². The Hall–Kier alpha value is -3.29. The van der Waals surface area contributed by atoms with Crippen LogP contribution in [0.4, 0.5) is 5.95 Å². The molecule has 2 heterocycles. The zero-order chi connectivity index (χ0) is 16.3. The smallest absolute Gasteiger partial charge is 0.288 e. The Balaban J connectivity index is 2.46. The molecular formula is C11H12N8O3. The van der Waals surface area contributed by atoms with Gasteiger partial charge in [-0.25, -0.2) is 18.7 Å². The van der Waals surface area contributed by atoms with Crippen LogP contribution in [0.1, 0.15) is 17.4 Å². The van der Waals surface area contributed by atoms with Gasteiger partial charge in [-0.2, -0.15) is 5.10 Å². The summed E-state index contributed by atoms with van der Waals surface area (Å²) in [5, 5.41) is 16.5. The maximum atomic E-state index is 12.2. The topological polar surface area (TPSA) is 130 Å². The molecule has 0 aromatic carbocycles. The molecule has 0 atom stereocenters. The number of anilines is 1. The van der Waals surface area contributed by atoms with Crippen molar-refractivity contribution in [2.75, 3.05) is 5.32 Å². The van der Waals surface area contributed by atoms with Crippen LogP contribution in [0, 0.1) is 11.8 Å². The largest absolute Gasteiger partial charge is 0.348 e. The third kappa shape index (κ3) is 2.75. The van der Waals surface area contributed by atoms with E-state index in [1.165, 1.54) is 18.8 Å². The number of tetrazole rings is 1. The van der Waals surface area contributed by atoms with Gasteiger partial charge in [-0.05, 0) is 17.4 Å². The molecular weight excluding hydrogens is 292 g/mol. The summed E-state index contributed by atoms with van der Waals surface area (Å²) in [5.41, 5.74) is -1.95. The van der Waals surface area contributed by atoms with E-state index in [0.717, 1.165) is 9.25 Å². The Morgan fingerprint density at radius 3 is 2.59 bits per heavy atom. The average Bonchev–Trinajstić information content (AvgIpc) is 2.88. The first-order valence-electron chi connectivity index (χ1n) is 6.07. The number of aryl methyl sites for hydroxylation is 2. The predicted octanol–water partition coefficient (Wildman–Crippen LogP) is -2.26. The molecule has 0 saturated heterocycles. The fourth-order valence-electron chi connectivity index (χ4n) is 1.56. The van der Waals surface area contributed by atoms with Crippen LogP contribution in [0.2, 0.25) is 0 Å². The van der Waals surface area contributed by atoms with Gasteiger partial charge in [0.1, 0.15) is 0 Å². The minimum absolute atomic E-state index is 0.0416. The lowest BCUT2D eigenvalue weighted by molar-refractivity contribution is 0.101. The first kappa shape index (κ1) is 15.1. The molecule has 1 N–H and O–H groups in total. The molecule has 2 aromatic heterocycles. The minimum atomic E-state index is -0.835. The second-order valence-electron chi connectivity index (χ2n) is 4.15. The molecule has 2 aromatic rings. The highest BCUT2D eigenvalue weighted by Gasteiger charge is 2.19. The first-order valence-corrected chi connectivity index (χ1v) is 6.07. The van der Waals surface area contributed by atoms with Crippen molar-refractivity contribution in [3.63, 3.8) is 0 Å². The molecule has 22 heavy (non-hydrogen) atoms. The van der Waals surface area contributed by atoms with Gasteiger partial charge in [0.2, 0.25) is 11.6 Å². The van der Waals surface area contributed by atoms with Gasteiger partial charge in [-0.1, -0.05) is 11.0 Å². The fourth-order valence-corrected chi connectivity index (χ4v) is 1.56. The highest BCUT2D eigenvalue weighted by Crippen LogP contribution is 1.97. The normalized spacial score (nSPS) is 9.95. The van der Waals surface area contributed by atoms with E-state index in [1.54, 1.807) is 6.92 Å². The Bertz CT molecular complexity index is 895. The number of rotatable bonds is 3. The van der Waals surface area contributed by atoms with Crippen LogP contribution in [-0.4, -0.2) is 40.5 Å². The molecule has 11 heteroatoms. The molecule has 0 aliphatic rings. The molecule has 2 rings (SSSR count). The molecule has 0 saturated carbocycles. The van der Waals surface area contributed by atoms with Gasteiger partial charge in [-0.15, -0.1) is 5.92 Å². The van der Waals surface area contributed by atoms with Crippen LogP contribution in [0.15, 0.2) is 9.59 Å². The van der Waals surface area contributed by atoms with Crippen molar-refractivity contribution < 1.29 is 4.79 Å². The van der Waals surface area contributed by atoms with Crippen LogP contribution >= 0.6 is 0 Å². The summed E-state index contributed by atoms with van der Waals surface area (Å²) in [5.74, 6) is 4.39. The quantitative estimate of drug-likeness (QED) is 0.633. The van der Waals surface area contributed by atoms with Gasteiger partial charge >= 0.3 is 5.69 Å². The highest BCUT2D eigenvalue weighted by atomic mass is 16.2.